The van der Waals surface area contributed by atoms with Crippen LogP contribution in [0, 0.1) is 0 Å². The second kappa shape index (κ2) is 6.31. The van der Waals surface area contributed by atoms with Crippen molar-refractivity contribution >= 4 is 21.7 Å². The maximum absolute atomic E-state index is 11.9. The third-order valence-electron chi connectivity index (χ3n) is 2.73. The molecule has 0 radical (unpaired) electrons. The van der Waals surface area contributed by atoms with E-state index in [2.05, 4.69) is 15.9 Å². The molecule has 1 aliphatic rings. The number of ether oxygens (including phenoxy) is 3. The summed E-state index contributed by atoms with van der Waals surface area (Å²) in [4.78, 5) is 11.9. The minimum Gasteiger partial charge on any atom is -0.497 e. The molecule has 0 aliphatic carbocycles. The summed E-state index contributed by atoms with van der Waals surface area (Å²) in [5.74, 6) is 0.838. The number of rotatable bonds is 5. The van der Waals surface area contributed by atoms with E-state index in [0.29, 0.717) is 26.1 Å². The van der Waals surface area contributed by atoms with Crippen molar-refractivity contribution in [3.05, 3.63) is 28.2 Å². The van der Waals surface area contributed by atoms with Gasteiger partial charge in [0, 0.05) is 10.9 Å². The Morgan fingerprint density at radius 1 is 1.44 bits per heavy atom. The van der Waals surface area contributed by atoms with Gasteiger partial charge >= 0.3 is 0 Å². The number of hydrogen-bond donors (Lipinski definition) is 0. The van der Waals surface area contributed by atoms with Crippen LogP contribution in [0.25, 0.3) is 0 Å². The Morgan fingerprint density at radius 3 is 2.83 bits per heavy atom. The van der Waals surface area contributed by atoms with Crippen molar-refractivity contribution < 1.29 is 19.0 Å². The molecule has 0 amide bonds. The third-order valence-corrected chi connectivity index (χ3v) is 3.50. The first-order valence-corrected chi connectivity index (χ1v) is 6.55. The van der Waals surface area contributed by atoms with Crippen molar-refractivity contribution in [3.8, 4) is 5.75 Å². The van der Waals surface area contributed by atoms with Crippen molar-refractivity contribution in [2.75, 3.05) is 20.3 Å². The lowest BCUT2D eigenvalue weighted by atomic mass is 10.1. The largest absolute Gasteiger partial charge is 0.497 e. The van der Waals surface area contributed by atoms with Gasteiger partial charge in [0.15, 0.2) is 6.29 Å². The Hall–Kier alpha value is -0.910. The first-order valence-electron chi connectivity index (χ1n) is 5.76. The topological polar surface area (TPSA) is 44.8 Å². The molecular formula is C13H15BrO4. The maximum atomic E-state index is 11.9. The molecule has 0 atom stereocenters. The molecule has 1 aliphatic heterocycles. The van der Waals surface area contributed by atoms with Crippen molar-refractivity contribution in [1.29, 1.82) is 0 Å². The van der Waals surface area contributed by atoms with Crippen LogP contribution < -0.4 is 4.74 Å². The quantitative estimate of drug-likeness (QED) is 0.836. The number of methoxy groups -OCH3 is 1. The third kappa shape index (κ3) is 3.54. The number of carbonyl (C=O) groups is 1. The highest BCUT2D eigenvalue weighted by atomic mass is 79.9. The molecule has 98 valence electrons. The van der Waals surface area contributed by atoms with Gasteiger partial charge in [0.05, 0.1) is 26.7 Å². The predicted octanol–water partition coefficient (Wildman–Crippen LogP) is 2.33. The van der Waals surface area contributed by atoms with E-state index in [1.807, 2.05) is 18.2 Å². The number of carbonyl (C=O) groups excluding carboxylic acids is 1. The minimum atomic E-state index is -0.373. The Morgan fingerprint density at radius 2 is 2.17 bits per heavy atom. The predicted molar refractivity (Wildman–Crippen MR) is 69.7 cm³/mol. The summed E-state index contributed by atoms with van der Waals surface area (Å²) >= 11 is 3.43. The molecule has 5 heteroatoms. The molecule has 0 N–H and O–H groups in total. The van der Waals surface area contributed by atoms with Crippen LogP contribution in [-0.4, -0.2) is 32.4 Å². The normalized spacial score (nSPS) is 15.9. The van der Waals surface area contributed by atoms with Crippen molar-refractivity contribution in [2.45, 2.75) is 19.1 Å². The molecule has 1 heterocycles. The van der Waals surface area contributed by atoms with Gasteiger partial charge in [-0.05, 0) is 23.8 Å². The van der Waals surface area contributed by atoms with Gasteiger partial charge in [0.25, 0.3) is 0 Å². The highest BCUT2D eigenvalue weighted by molar-refractivity contribution is 9.10. The number of halogens is 1. The number of ketones is 1. The van der Waals surface area contributed by atoms with E-state index in [0.717, 1.165) is 15.8 Å². The highest BCUT2D eigenvalue weighted by Gasteiger charge is 2.20. The highest BCUT2D eigenvalue weighted by Crippen LogP contribution is 2.23. The number of benzene rings is 1. The standard InChI is InChI=1S/C13H15BrO4/c1-16-11-2-3-12(14)9(7-11)6-10(15)8-13-17-4-5-18-13/h2-3,7,13H,4-6,8H2,1H3. The van der Waals surface area contributed by atoms with Crippen LogP contribution in [-0.2, 0) is 20.7 Å². The van der Waals surface area contributed by atoms with Crippen molar-refractivity contribution in [2.24, 2.45) is 0 Å². The monoisotopic (exact) mass is 314 g/mol. The first-order chi connectivity index (χ1) is 8.69. The van der Waals surface area contributed by atoms with Crippen LogP contribution in [0.5, 0.6) is 5.75 Å². The maximum Gasteiger partial charge on any atom is 0.164 e. The van der Waals surface area contributed by atoms with Gasteiger partial charge in [-0.1, -0.05) is 15.9 Å². The van der Waals surface area contributed by atoms with Gasteiger partial charge in [-0.15, -0.1) is 0 Å². The molecule has 2 rings (SSSR count). The number of hydrogen-bond acceptors (Lipinski definition) is 4. The van der Waals surface area contributed by atoms with Crippen molar-refractivity contribution in [1.82, 2.24) is 0 Å². The zero-order valence-corrected chi connectivity index (χ0v) is 11.7. The molecule has 1 aromatic rings. The average Bonchev–Trinajstić information content (AvgIpc) is 2.84. The van der Waals surface area contributed by atoms with Crippen LogP contribution in [0.3, 0.4) is 0 Å². The van der Waals surface area contributed by atoms with Gasteiger partial charge in [-0.2, -0.15) is 0 Å². The van der Waals surface area contributed by atoms with E-state index in [1.54, 1.807) is 7.11 Å². The van der Waals surface area contributed by atoms with Gasteiger partial charge in [-0.3, -0.25) is 4.79 Å². The molecule has 1 fully saturated rings. The van der Waals surface area contributed by atoms with Crippen molar-refractivity contribution in [3.63, 3.8) is 0 Å². The van der Waals surface area contributed by atoms with Crippen LogP contribution >= 0.6 is 15.9 Å². The van der Waals surface area contributed by atoms with Gasteiger partial charge in [0.2, 0.25) is 0 Å². The SMILES string of the molecule is COc1ccc(Br)c(CC(=O)CC2OCCO2)c1. The lowest BCUT2D eigenvalue weighted by Gasteiger charge is -2.09. The molecular weight excluding hydrogens is 300 g/mol. The summed E-state index contributed by atoms with van der Waals surface area (Å²) in [5, 5.41) is 0. The minimum absolute atomic E-state index is 0.0934. The van der Waals surface area contributed by atoms with E-state index < -0.39 is 0 Å². The Balaban J connectivity index is 1.97. The lowest BCUT2D eigenvalue weighted by molar-refractivity contribution is -0.126. The fourth-order valence-electron chi connectivity index (χ4n) is 1.81. The van der Waals surface area contributed by atoms with Crippen LogP contribution in [0.1, 0.15) is 12.0 Å². The number of Topliss-reactive ketones (excluding diaryl/α,β-unsaturated/α-hetero) is 1. The Kier molecular flexibility index (Phi) is 4.74. The van der Waals surface area contributed by atoms with Gasteiger partial charge < -0.3 is 14.2 Å². The molecule has 0 unspecified atom stereocenters. The summed E-state index contributed by atoms with van der Waals surface area (Å²) in [6, 6.07) is 5.59. The van der Waals surface area contributed by atoms with Crippen LogP contribution in [0.15, 0.2) is 22.7 Å². The first kappa shape index (κ1) is 13.5. The van der Waals surface area contributed by atoms with E-state index >= 15 is 0 Å². The fourth-order valence-corrected chi connectivity index (χ4v) is 2.20. The molecule has 18 heavy (non-hydrogen) atoms. The molecule has 0 saturated carbocycles. The summed E-state index contributed by atoms with van der Waals surface area (Å²) in [6.45, 7) is 1.14. The van der Waals surface area contributed by atoms with Crippen LogP contribution in [0.4, 0.5) is 0 Å². The molecule has 0 aromatic heterocycles. The summed E-state index contributed by atoms with van der Waals surface area (Å²) in [6.07, 6.45) is 0.270. The summed E-state index contributed by atoms with van der Waals surface area (Å²) < 4.78 is 16.6. The molecule has 1 saturated heterocycles. The Labute approximate surface area is 114 Å². The molecule has 0 bridgehead atoms. The Bertz CT molecular complexity index is 427. The summed E-state index contributed by atoms with van der Waals surface area (Å²) in [7, 11) is 1.61. The smallest absolute Gasteiger partial charge is 0.164 e. The second-order valence-electron chi connectivity index (χ2n) is 4.05. The summed E-state index contributed by atoms with van der Waals surface area (Å²) in [5.41, 5.74) is 0.914. The van der Waals surface area contributed by atoms with E-state index in [4.69, 9.17) is 14.2 Å². The van der Waals surface area contributed by atoms with Crippen LogP contribution in [0.2, 0.25) is 0 Å². The zero-order chi connectivity index (χ0) is 13.0. The van der Waals surface area contributed by atoms with E-state index in [1.165, 1.54) is 0 Å². The fraction of sp³-hybridized carbons (Fsp3) is 0.462. The average molecular weight is 315 g/mol. The molecule has 0 spiro atoms. The second-order valence-corrected chi connectivity index (χ2v) is 4.90. The van der Waals surface area contributed by atoms with E-state index in [-0.39, 0.29) is 12.1 Å². The van der Waals surface area contributed by atoms with Gasteiger partial charge in [0.1, 0.15) is 11.5 Å². The zero-order valence-electron chi connectivity index (χ0n) is 10.1. The van der Waals surface area contributed by atoms with E-state index in [9.17, 15) is 4.79 Å². The molecule has 4 nitrogen and oxygen atoms in total. The lowest BCUT2D eigenvalue weighted by Crippen LogP contribution is -2.16. The van der Waals surface area contributed by atoms with Gasteiger partial charge in [-0.25, -0.2) is 0 Å². The molecule has 1 aromatic carbocycles.